The van der Waals surface area contributed by atoms with E-state index < -0.39 is 11.8 Å². The second-order valence-electron chi connectivity index (χ2n) is 7.12. The molecule has 10 nitrogen and oxygen atoms in total. The number of nitrogens with zero attached hydrogens (tertiary/aromatic N) is 2. The van der Waals surface area contributed by atoms with E-state index in [4.69, 9.17) is 20.9 Å². The summed E-state index contributed by atoms with van der Waals surface area (Å²) in [5.74, 6) is -0.919. The van der Waals surface area contributed by atoms with E-state index in [1.165, 1.54) is 19.1 Å². The van der Waals surface area contributed by atoms with Crippen LogP contribution in [0.4, 0.5) is 11.4 Å². The molecular formula is C20H25N5O5S. The molecule has 166 valence electrons. The van der Waals surface area contributed by atoms with E-state index in [1.807, 2.05) is 0 Å². The molecule has 0 atom stereocenters. The molecule has 1 heterocycles. The summed E-state index contributed by atoms with van der Waals surface area (Å²) in [7, 11) is 2.95. The van der Waals surface area contributed by atoms with E-state index in [-0.39, 0.29) is 34.8 Å². The number of anilines is 2. The maximum atomic E-state index is 13.4. The molecule has 0 spiro atoms. The number of hydrogen-bond acceptors (Lipinski definition) is 8. The largest absolute Gasteiger partial charge is 0.497 e. The SMILES string of the molecule is COc1ccc(OC)c(N(CC(=O)NC2CCCC2)C(=O)c2snc(C(N)=O)c2N)c1. The maximum absolute atomic E-state index is 13.4. The van der Waals surface area contributed by atoms with E-state index in [0.29, 0.717) is 17.2 Å². The van der Waals surface area contributed by atoms with Gasteiger partial charge < -0.3 is 26.3 Å². The van der Waals surface area contributed by atoms with Crippen molar-refractivity contribution in [3.63, 3.8) is 0 Å². The minimum Gasteiger partial charge on any atom is -0.497 e. The van der Waals surface area contributed by atoms with Crippen molar-refractivity contribution < 1.29 is 23.9 Å². The number of aromatic nitrogens is 1. The fraction of sp³-hybridized carbons (Fsp3) is 0.400. The van der Waals surface area contributed by atoms with Gasteiger partial charge in [-0.05, 0) is 36.5 Å². The molecule has 1 aromatic carbocycles. The highest BCUT2D eigenvalue weighted by Crippen LogP contribution is 2.35. The van der Waals surface area contributed by atoms with Crippen LogP contribution in [0.25, 0.3) is 0 Å². The first-order valence-electron chi connectivity index (χ1n) is 9.73. The maximum Gasteiger partial charge on any atom is 0.272 e. The monoisotopic (exact) mass is 447 g/mol. The molecule has 0 saturated heterocycles. The zero-order valence-corrected chi connectivity index (χ0v) is 18.2. The minimum absolute atomic E-state index is 0.00680. The Labute approximate surface area is 183 Å². The van der Waals surface area contributed by atoms with Crippen molar-refractivity contribution in [3.05, 3.63) is 28.8 Å². The van der Waals surface area contributed by atoms with Crippen LogP contribution in [0.2, 0.25) is 0 Å². The molecule has 0 radical (unpaired) electrons. The summed E-state index contributed by atoms with van der Waals surface area (Å²) in [5, 5.41) is 2.97. The Morgan fingerprint density at radius 3 is 2.52 bits per heavy atom. The van der Waals surface area contributed by atoms with Gasteiger partial charge in [0.1, 0.15) is 22.9 Å². The van der Waals surface area contributed by atoms with Crippen molar-refractivity contribution in [1.29, 1.82) is 0 Å². The lowest BCUT2D eigenvalue weighted by Crippen LogP contribution is -2.43. The average molecular weight is 448 g/mol. The number of rotatable bonds is 8. The van der Waals surface area contributed by atoms with E-state index in [2.05, 4.69) is 9.69 Å². The fourth-order valence-corrected chi connectivity index (χ4v) is 4.27. The third-order valence-electron chi connectivity index (χ3n) is 5.10. The van der Waals surface area contributed by atoms with Gasteiger partial charge >= 0.3 is 0 Å². The summed E-state index contributed by atoms with van der Waals surface area (Å²) in [5.41, 5.74) is 11.2. The first kappa shape index (κ1) is 22.3. The number of primary amides is 1. The lowest BCUT2D eigenvalue weighted by molar-refractivity contribution is -0.120. The normalized spacial score (nSPS) is 13.6. The number of carbonyl (C=O) groups is 3. The molecule has 1 fully saturated rings. The highest BCUT2D eigenvalue weighted by molar-refractivity contribution is 7.09. The molecule has 1 aromatic heterocycles. The van der Waals surface area contributed by atoms with Crippen LogP contribution in [-0.4, -0.2) is 48.9 Å². The van der Waals surface area contributed by atoms with Gasteiger partial charge in [-0.2, -0.15) is 4.37 Å². The molecule has 1 aliphatic rings. The molecular weight excluding hydrogens is 422 g/mol. The molecule has 31 heavy (non-hydrogen) atoms. The number of nitrogen functional groups attached to an aromatic ring is 1. The van der Waals surface area contributed by atoms with Crippen LogP contribution < -0.4 is 31.2 Å². The zero-order chi connectivity index (χ0) is 22.5. The molecule has 2 aromatic rings. The number of carbonyl (C=O) groups excluding carboxylic acids is 3. The molecule has 11 heteroatoms. The number of hydrogen-bond donors (Lipinski definition) is 3. The van der Waals surface area contributed by atoms with Gasteiger partial charge in [-0.1, -0.05) is 12.8 Å². The van der Waals surface area contributed by atoms with E-state index in [1.54, 1.807) is 18.2 Å². The van der Waals surface area contributed by atoms with Crippen molar-refractivity contribution >= 4 is 40.6 Å². The van der Waals surface area contributed by atoms with Crippen LogP contribution in [0.1, 0.15) is 45.8 Å². The summed E-state index contributed by atoms with van der Waals surface area (Å²) < 4.78 is 14.6. The van der Waals surface area contributed by atoms with E-state index in [9.17, 15) is 14.4 Å². The lowest BCUT2D eigenvalue weighted by atomic mass is 10.2. The van der Waals surface area contributed by atoms with Gasteiger partial charge in [0.15, 0.2) is 5.69 Å². The van der Waals surface area contributed by atoms with Crippen LogP contribution in [0.15, 0.2) is 18.2 Å². The van der Waals surface area contributed by atoms with Gasteiger partial charge in [-0.15, -0.1) is 0 Å². The van der Waals surface area contributed by atoms with Crippen LogP contribution in [0, 0.1) is 0 Å². The zero-order valence-electron chi connectivity index (χ0n) is 17.3. The van der Waals surface area contributed by atoms with Crippen LogP contribution >= 0.6 is 11.5 Å². The smallest absolute Gasteiger partial charge is 0.272 e. The Balaban J connectivity index is 1.98. The number of ether oxygens (including phenoxy) is 2. The predicted molar refractivity (Wildman–Crippen MR) is 117 cm³/mol. The molecule has 1 saturated carbocycles. The van der Waals surface area contributed by atoms with E-state index in [0.717, 1.165) is 37.2 Å². The summed E-state index contributed by atoms with van der Waals surface area (Å²) in [4.78, 5) is 39.0. The van der Waals surface area contributed by atoms with E-state index >= 15 is 0 Å². The Hall–Kier alpha value is -3.34. The highest BCUT2D eigenvalue weighted by Gasteiger charge is 2.30. The van der Waals surface area contributed by atoms with Crippen molar-refractivity contribution in [3.8, 4) is 11.5 Å². The fourth-order valence-electron chi connectivity index (χ4n) is 3.51. The quantitative estimate of drug-likeness (QED) is 0.555. The average Bonchev–Trinajstić information content (AvgIpc) is 3.40. The molecule has 0 unspecified atom stereocenters. The Morgan fingerprint density at radius 2 is 1.94 bits per heavy atom. The Bertz CT molecular complexity index is 986. The minimum atomic E-state index is -0.836. The first-order chi connectivity index (χ1) is 14.8. The van der Waals surface area contributed by atoms with Crippen LogP contribution in [-0.2, 0) is 4.79 Å². The van der Waals surface area contributed by atoms with Crippen molar-refractivity contribution in [2.24, 2.45) is 5.73 Å². The molecule has 1 aliphatic carbocycles. The van der Waals surface area contributed by atoms with Gasteiger partial charge in [0, 0.05) is 12.1 Å². The third kappa shape index (κ3) is 4.88. The first-order valence-corrected chi connectivity index (χ1v) is 10.5. The third-order valence-corrected chi connectivity index (χ3v) is 5.95. The molecule has 3 rings (SSSR count). The number of amides is 3. The van der Waals surface area contributed by atoms with Gasteiger partial charge in [0.25, 0.3) is 11.8 Å². The summed E-state index contributed by atoms with van der Waals surface area (Å²) in [6.45, 7) is -0.276. The van der Waals surface area contributed by atoms with Gasteiger partial charge in [0.2, 0.25) is 5.91 Å². The molecule has 5 N–H and O–H groups in total. The highest BCUT2D eigenvalue weighted by atomic mass is 32.1. The number of methoxy groups -OCH3 is 2. The second-order valence-corrected chi connectivity index (χ2v) is 7.89. The number of nitrogens with one attached hydrogen (secondary N) is 1. The summed E-state index contributed by atoms with van der Waals surface area (Å²) in [6, 6.07) is 4.99. The van der Waals surface area contributed by atoms with Crippen molar-refractivity contribution in [1.82, 2.24) is 9.69 Å². The Kier molecular flexibility index (Phi) is 6.95. The number of nitrogens with two attached hydrogens (primary N) is 2. The van der Waals surface area contributed by atoms with Crippen molar-refractivity contribution in [2.75, 3.05) is 31.4 Å². The van der Waals surface area contributed by atoms with Crippen LogP contribution in [0.3, 0.4) is 0 Å². The van der Waals surface area contributed by atoms with Gasteiger partial charge in [0.05, 0.1) is 25.6 Å². The topological polar surface area (TPSA) is 150 Å². The van der Waals surface area contributed by atoms with Gasteiger partial charge in [-0.25, -0.2) is 0 Å². The molecule has 0 bridgehead atoms. The Morgan fingerprint density at radius 1 is 1.23 bits per heavy atom. The lowest BCUT2D eigenvalue weighted by Gasteiger charge is -2.25. The number of benzene rings is 1. The second kappa shape index (κ2) is 9.65. The molecule has 3 amide bonds. The summed E-state index contributed by atoms with van der Waals surface area (Å²) >= 11 is 0.748. The molecule has 0 aliphatic heterocycles. The van der Waals surface area contributed by atoms with Crippen LogP contribution in [0.5, 0.6) is 11.5 Å². The predicted octanol–water partition coefficient (Wildman–Crippen LogP) is 1.55. The standard InChI is InChI=1S/C20H25N5O5S/c1-29-12-7-8-14(30-2)13(9-12)25(10-15(26)23-11-5-3-4-6-11)20(28)18-16(21)17(19(22)27)24-31-18/h7-9,11H,3-6,10,21H2,1-2H3,(H2,22,27)(H,23,26). The van der Waals surface area contributed by atoms with Gasteiger partial charge in [-0.3, -0.25) is 19.3 Å². The van der Waals surface area contributed by atoms with Crippen molar-refractivity contribution in [2.45, 2.75) is 31.7 Å². The summed E-state index contributed by atoms with van der Waals surface area (Å²) in [6.07, 6.45) is 3.94.